The van der Waals surface area contributed by atoms with Gasteiger partial charge in [0.25, 0.3) is 5.91 Å². The minimum absolute atomic E-state index is 0.192. The van der Waals surface area contributed by atoms with Crippen LogP contribution in [0.4, 0.5) is 5.69 Å². The molecule has 1 aromatic carbocycles. The molecular formula is C13H12BrN3O2. The first kappa shape index (κ1) is 13.4. The molecule has 0 bridgehead atoms. The summed E-state index contributed by atoms with van der Waals surface area (Å²) in [6.07, 6.45) is 3.24. The molecule has 19 heavy (non-hydrogen) atoms. The van der Waals surface area contributed by atoms with Crippen LogP contribution in [0.2, 0.25) is 0 Å². The molecule has 0 unspecified atom stereocenters. The molecule has 0 fully saturated rings. The van der Waals surface area contributed by atoms with Crippen LogP contribution in [0.15, 0.2) is 41.1 Å². The van der Waals surface area contributed by atoms with Gasteiger partial charge < -0.3 is 15.8 Å². The zero-order chi connectivity index (χ0) is 13.8. The number of aromatic nitrogens is 1. The number of amides is 1. The lowest BCUT2D eigenvalue weighted by atomic mass is 10.2. The quantitative estimate of drug-likeness (QED) is 0.852. The average Bonchev–Trinajstić information content (AvgIpc) is 2.40. The van der Waals surface area contributed by atoms with Gasteiger partial charge in [0.15, 0.2) is 0 Å². The maximum Gasteiger partial charge on any atom is 0.251 e. The molecule has 1 heterocycles. The van der Waals surface area contributed by atoms with Gasteiger partial charge in [-0.2, -0.15) is 0 Å². The van der Waals surface area contributed by atoms with Crippen molar-refractivity contribution in [1.29, 1.82) is 0 Å². The molecule has 2 rings (SSSR count). The summed E-state index contributed by atoms with van der Waals surface area (Å²) < 4.78 is 6.42. The van der Waals surface area contributed by atoms with Gasteiger partial charge in [-0.1, -0.05) is 0 Å². The fraction of sp³-hybridized carbons (Fsp3) is 0.0769. The third-order valence-electron chi connectivity index (χ3n) is 2.41. The number of ether oxygens (including phenoxy) is 1. The van der Waals surface area contributed by atoms with Crippen molar-refractivity contribution >= 4 is 27.5 Å². The highest BCUT2D eigenvalue weighted by atomic mass is 79.9. The van der Waals surface area contributed by atoms with Crippen molar-refractivity contribution in [2.24, 2.45) is 0 Å². The molecule has 0 aliphatic rings. The summed E-state index contributed by atoms with van der Waals surface area (Å²) in [5.74, 6) is 0.851. The molecular weight excluding hydrogens is 310 g/mol. The fourth-order valence-electron chi connectivity index (χ4n) is 1.50. The zero-order valence-electron chi connectivity index (χ0n) is 10.2. The molecule has 0 spiro atoms. The number of nitrogens with one attached hydrogen (secondary N) is 1. The van der Waals surface area contributed by atoms with Crippen molar-refractivity contribution in [3.8, 4) is 11.5 Å². The lowest BCUT2D eigenvalue weighted by Gasteiger charge is -2.09. The topological polar surface area (TPSA) is 77.2 Å². The molecule has 5 nitrogen and oxygen atoms in total. The van der Waals surface area contributed by atoms with E-state index in [0.717, 1.165) is 4.47 Å². The van der Waals surface area contributed by atoms with E-state index in [1.807, 2.05) is 0 Å². The lowest BCUT2D eigenvalue weighted by molar-refractivity contribution is 0.0963. The molecule has 0 saturated heterocycles. The minimum atomic E-state index is -0.192. The number of carbonyl (C=O) groups is 1. The van der Waals surface area contributed by atoms with Crippen LogP contribution < -0.4 is 15.8 Å². The third-order valence-corrected chi connectivity index (χ3v) is 2.84. The molecule has 1 amide bonds. The number of rotatable bonds is 3. The number of nitrogens with two attached hydrogens (primary N) is 1. The van der Waals surface area contributed by atoms with Gasteiger partial charge in [0.05, 0.1) is 11.9 Å². The highest BCUT2D eigenvalue weighted by Crippen LogP contribution is 2.29. The van der Waals surface area contributed by atoms with Crippen LogP contribution in [0.1, 0.15) is 10.4 Å². The Morgan fingerprint density at radius 2 is 2.16 bits per heavy atom. The monoisotopic (exact) mass is 321 g/mol. The Balaban J connectivity index is 2.24. The summed E-state index contributed by atoms with van der Waals surface area (Å²) in [5, 5.41) is 2.53. The van der Waals surface area contributed by atoms with Gasteiger partial charge in [-0.3, -0.25) is 9.78 Å². The molecule has 0 saturated carbocycles. The number of nitrogens with zero attached hydrogens (tertiary/aromatic N) is 1. The summed E-state index contributed by atoms with van der Waals surface area (Å²) in [7, 11) is 1.57. The van der Waals surface area contributed by atoms with Gasteiger partial charge in [0.1, 0.15) is 11.5 Å². The van der Waals surface area contributed by atoms with E-state index in [9.17, 15) is 4.79 Å². The van der Waals surface area contributed by atoms with Gasteiger partial charge in [0.2, 0.25) is 0 Å². The van der Waals surface area contributed by atoms with Crippen molar-refractivity contribution in [3.05, 3.63) is 46.7 Å². The summed E-state index contributed by atoms with van der Waals surface area (Å²) >= 11 is 3.31. The standard InChI is InChI=1S/C13H12BrN3O2/c1-16-13(18)8-2-3-12(11(15)4-8)19-10-5-9(14)6-17-7-10/h2-7H,15H2,1H3,(H,16,18). The number of hydrogen-bond acceptors (Lipinski definition) is 4. The Bertz CT molecular complexity index is 617. The van der Waals surface area contributed by atoms with E-state index in [-0.39, 0.29) is 5.91 Å². The Hall–Kier alpha value is -2.08. The lowest BCUT2D eigenvalue weighted by Crippen LogP contribution is -2.17. The SMILES string of the molecule is CNC(=O)c1ccc(Oc2cncc(Br)c2)c(N)c1. The number of pyridine rings is 1. The fourth-order valence-corrected chi connectivity index (χ4v) is 1.85. The van der Waals surface area contributed by atoms with E-state index in [4.69, 9.17) is 10.5 Å². The maximum atomic E-state index is 11.5. The molecule has 0 atom stereocenters. The highest BCUT2D eigenvalue weighted by Gasteiger charge is 2.08. The van der Waals surface area contributed by atoms with Crippen molar-refractivity contribution in [2.75, 3.05) is 12.8 Å². The molecule has 1 aromatic heterocycles. The summed E-state index contributed by atoms with van der Waals surface area (Å²) in [5.41, 5.74) is 6.74. The van der Waals surface area contributed by atoms with Gasteiger partial charge >= 0.3 is 0 Å². The normalized spacial score (nSPS) is 10.0. The molecule has 6 heteroatoms. The van der Waals surface area contributed by atoms with Crippen LogP contribution in [0, 0.1) is 0 Å². The first-order valence-corrected chi connectivity index (χ1v) is 6.29. The average molecular weight is 322 g/mol. The van der Waals surface area contributed by atoms with E-state index in [1.165, 1.54) is 0 Å². The number of benzene rings is 1. The van der Waals surface area contributed by atoms with Gasteiger partial charge in [-0.15, -0.1) is 0 Å². The van der Waals surface area contributed by atoms with Crippen LogP contribution in [0.5, 0.6) is 11.5 Å². The van der Waals surface area contributed by atoms with Crippen molar-refractivity contribution < 1.29 is 9.53 Å². The highest BCUT2D eigenvalue weighted by molar-refractivity contribution is 9.10. The Morgan fingerprint density at radius 3 is 2.79 bits per heavy atom. The van der Waals surface area contributed by atoms with Crippen LogP contribution in [-0.2, 0) is 0 Å². The molecule has 3 N–H and O–H groups in total. The van der Waals surface area contributed by atoms with Crippen molar-refractivity contribution in [1.82, 2.24) is 10.3 Å². The van der Waals surface area contributed by atoms with Crippen LogP contribution in [0.3, 0.4) is 0 Å². The van der Waals surface area contributed by atoms with E-state index in [2.05, 4.69) is 26.2 Å². The Morgan fingerprint density at radius 1 is 1.37 bits per heavy atom. The van der Waals surface area contributed by atoms with Gasteiger partial charge in [0, 0.05) is 23.3 Å². The van der Waals surface area contributed by atoms with E-state index in [1.54, 1.807) is 43.7 Å². The predicted molar refractivity (Wildman–Crippen MR) is 76.3 cm³/mol. The first-order chi connectivity index (χ1) is 9.10. The van der Waals surface area contributed by atoms with Crippen molar-refractivity contribution in [2.45, 2.75) is 0 Å². The Kier molecular flexibility index (Phi) is 4.01. The maximum absolute atomic E-state index is 11.5. The zero-order valence-corrected chi connectivity index (χ0v) is 11.8. The number of hydrogen-bond donors (Lipinski definition) is 2. The Labute approximate surface area is 118 Å². The predicted octanol–water partition coefficient (Wildman–Crippen LogP) is 2.58. The number of nitrogen functional groups attached to an aromatic ring is 1. The largest absolute Gasteiger partial charge is 0.454 e. The molecule has 0 radical (unpaired) electrons. The van der Waals surface area contributed by atoms with Gasteiger partial charge in [-0.25, -0.2) is 0 Å². The second kappa shape index (κ2) is 5.71. The molecule has 0 aliphatic carbocycles. The van der Waals surface area contributed by atoms with Crippen LogP contribution >= 0.6 is 15.9 Å². The summed E-state index contributed by atoms with van der Waals surface area (Å²) in [6, 6.07) is 6.65. The smallest absolute Gasteiger partial charge is 0.251 e. The minimum Gasteiger partial charge on any atom is -0.454 e. The number of carbonyl (C=O) groups excluding carboxylic acids is 1. The van der Waals surface area contributed by atoms with Crippen LogP contribution in [-0.4, -0.2) is 17.9 Å². The molecule has 2 aromatic rings. The summed E-state index contributed by atoms with van der Waals surface area (Å²) in [6.45, 7) is 0. The summed E-state index contributed by atoms with van der Waals surface area (Å²) in [4.78, 5) is 15.4. The molecule has 98 valence electrons. The van der Waals surface area contributed by atoms with E-state index in [0.29, 0.717) is 22.7 Å². The number of anilines is 1. The number of halogens is 1. The van der Waals surface area contributed by atoms with E-state index < -0.39 is 0 Å². The second-order valence-electron chi connectivity index (χ2n) is 3.77. The second-order valence-corrected chi connectivity index (χ2v) is 4.69. The first-order valence-electron chi connectivity index (χ1n) is 5.50. The molecule has 0 aliphatic heterocycles. The van der Waals surface area contributed by atoms with Gasteiger partial charge in [-0.05, 0) is 40.2 Å². The van der Waals surface area contributed by atoms with E-state index >= 15 is 0 Å². The van der Waals surface area contributed by atoms with Crippen molar-refractivity contribution in [3.63, 3.8) is 0 Å². The van der Waals surface area contributed by atoms with Crippen LogP contribution in [0.25, 0.3) is 0 Å². The third kappa shape index (κ3) is 3.23.